The Bertz CT molecular complexity index is 2920. The fourth-order valence-electron chi connectivity index (χ4n) is 8.09. The first kappa shape index (κ1) is 33.7. The number of benzene rings is 8. The third-order valence-electron chi connectivity index (χ3n) is 10.5. The molecule has 268 valence electrons. The van der Waals surface area contributed by atoms with Crippen molar-refractivity contribution in [2.24, 2.45) is 0 Å². The summed E-state index contributed by atoms with van der Waals surface area (Å²) < 4.78 is 87.3. The summed E-state index contributed by atoms with van der Waals surface area (Å²) in [4.78, 5) is 8.69. The van der Waals surface area contributed by atoms with Crippen LogP contribution in [0.25, 0.3) is 86.9 Å². The van der Waals surface area contributed by atoms with E-state index in [0.717, 1.165) is 71.7 Å². The number of nitrogens with zero attached hydrogens (tertiary/aromatic N) is 3. The Morgan fingerprint density at radius 2 is 0.815 bits per heavy atom. The zero-order valence-corrected chi connectivity index (χ0v) is 29.6. The lowest BCUT2D eigenvalue weighted by molar-refractivity contribution is -0.143. The van der Waals surface area contributed by atoms with Gasteiger partial charge < -0.3 is 9.80 Å². The molecule has 54 heavy (non-hydrogen) atoms. The number of anilines is 2. The van der Waals surface area contributed by atoms with Gasteiger partial charge in [0, 0.05) is 28.2 Å². The van der Waals surface area contributed by atoms with Crippen molar-refractivity contribution in [3.63, 3.8) is 0 Å². The molecule has 0 unspecified atom stereocenters. The molecule has 3 nitrogen and oxygen atoms in total. The molecule has 0 spiro atoms. The quantitative estimate of drug-likeness (QED) is 0.102. The van der Waals surface area contributed by atoms with E-state index < -0.39 is 23.5 Å². The highest BCUT2D eigenvalue weighted by Gasteiger charge is 2.38. The lowest BCUT2D eigenvalue weighted by atomic mass is 9.79. The average Bonchev–Trinajstić information content (AvgIpc) is 3.14. The number of hydrogen-bond acceptors (Lipinski definition) is 3. The predicted octanol–water partition coefficient (Wildman–Crippen LogP) is 12.9. The summed E-state index contributed by atoms with van der Waals surface area (Å²) in [7, 11) is 7.61. The molecular weight excluding hydrogens is 697 g/mol. The number of alkyl halides is 6. The third-order valence-corrected chi connectivity index (χ3v) is 10.5. The molecule has 0 N–H and O–H groups in total. The Balaban J connectivity index is 1.64. The summed E-state index contributed by atoms with van der Waals surface area (Å²) >= 11 is 0. The second kappa shape index (κ2) is 11.7. The van der Waals surface area contributed by atoms with Crippen molar-refractivity contribution in [2.75, 3.05) is 38.0 Å². The van der Waals surface area contributed by atoms with Gasteiger partial charge in [-0.2, -0.15) is 26.3 Å². The van der Waals surface area contributed by atoms with Crippen molar-refractivity contribution in [3.05, 3.63) is 126 Å². The normalized spacial score (nSPS) is 12.6. The van der Waals surface area contributed by atoms with E-state index in [1.807, 2.05) is 135 Å². The van der Waals surface area contributed by atoms with E-state index in [0.29, 0.717) is 33.4 Å². The van der Waals surface area contributed by atoms with E-state index >= 15 is 0 Å². The van der Waals surface area contributed by atoms with Crippen molar-refractivity contribution in [2.45, 2.75) is 12.4 Å². The van der Waals surface area contributed by atoms with Crippen LogP contribution in [0.2, 0.25) is 0 Å². The Labute approximate surface area is 306 Å². The molecular formula is C45H31F6N3. The van der Waals surface area contributed by atoms with E-state index in [1.165, 1.54) is 0 Å². The number of hydrogen-bond donors (Lipinski definition) is 0. The van der Waals surface area contributed by atoms with E-state index in [2.05, 4.69) is 0 Å². The molecule has 0 radical (unpaired) electrons. The molecule has 0 amide bonds. The second-order valence-corrected chi connectivity index (χ2v) is 14.3. The fourth-order valence-corrected chi connectivity index (χ4v) is 8.09. The van der Waals surface area contributed by atoms with Crippen molar-refractivity contribution < 1.29 is 26.3 Å². The summed E-state index contributed by atoms with van der Waals surface area (Å²) in [5.74, 6) is 1.37. The molecule has 0 saturated carbocycles. The Kier molecular flexibility index (Phi) is 7.31. The number of halogens is 6. The van der Waals surface area contributed by atoms with Crippen LogP contribution in [0.5, 0.6) is 0 Å². The van der Waals surface area contributed by atoms with Gasteiger partial charge in [-0.05, 0) is 129 Å². The zero-order valence-electron chi connectivity index (χ0n) is 29.6. The third kappa shape index (κ3) is 5.16. The topological polar surface area (TPSA) is 19.4 Å². The molecule has 0 atom stereocenters. The lowest BCUT2D eigenvalue weighted by Gasteiger charge is -2.25. The maximum Gasteiger partial charge on any atom is 0.416 e. The van der Waals surface area contributed by atoms with Crippen LogP contribution < -0.4 is 9.80 Å². The van der Waals surface area contributed by atoms with Crippen LogP contribution in [0.3, 0.4) is 0 Å². The van der Waals surface area contributed by atoms with Crippen LogP contribution in [0.4, 0.5) is 38.0 Å². The zero-order chi connectivity index (χ0) is 37.8. The molecule has 9 aromatic rings. The molecule has 0 aliphatic carbocycles. The molecule has 8 aromatic carbocycles. The van der Waals surface area contributed by atoms with Gasteiger partial charge in [0.05, 0.1) is 11.1 Å². The van der Waals surface area contributed by atoms with E-state index in [9.17, 15) is 26.3 Å². The summed E-state index contributed by atoms with van der Waals surface area (Å²) in [6, 6.07) is 33.3. The van der Waals surface area contributed by atoms with Gasteiger partial charge in [0.15, 0.2) is 0 Å². The van der Waals surface area contributed by atoms with Gasteiger partial charge in [-0.3, -0.25) is 0 Å². The van der Waals surface area contributed by atoms with Crippen LogP contribution >= 0.6 is 0 Å². The minimum Gasteiger partial charge on any atom is -0.363 e. The minimum absolute atomic E-state index is 0.165. The first-order chi connectivity index (χ1) is 25.7. The van der Waals surface area contributed by atoms with Gasteiger partial charge in [-0.1, -0.05) is 72.8 Å². The highest BCUT2D eigenvalue weighted by Crippen LogP contribution is 2.53. The smallest absolute Gasteiger partial charge is 0.363 e. The molecule has 0 aliphatic rings. The summed E-state index contributed by atoms with van der Waals surface area (Å²) in [6.45, 7) is 0. The Hall–Kier alpha value is -6.09. The van der Waals surface area contributed by atoms with Crippen LogP contribution in [-0.4, -0.2) is 33.2 Å². The van der Waals surface area contributed by atoms with Crippen LogP contribution in [0.1, 0.15) is 11.1 Å². The largest absolute Gasteiger partial charge is 0.416 e. The SMILES string of the molecule is CN(C)c1cc(-c2c3cc4ccccc4cc3c(-c3cc(C(F)(F)F)cc(C(F)(F)F)c3)c3c4cccc5ccc6cccc(c23)c6c54)cc(N(C)C)n1. The average molecular weight is 728 g/mol. The van der Waals surface area contributed by atoms with Crippen LogP contribution in [0, 0.1) is 0 Å². The summed E-state index contributed by atoms with van der Waals surface area (Å²) in [5.41, 5.74) is -0.970. The van der Waals surface area contributed by atoms with Crippen molar-refractivity contribution >= 4 is 76.3 Å². The monoisotopic (exact) mass is 727 g/mol. The van der Waals surface area contributed by atoms with Crippen molar-refractivity contribution in [1.29, 1.82) is 0 Å². The predicted molar refractivity (Wildman–Crippen MR) is 210 cm³/mol. The van der Waals surface area contributed by atoms with Gasteiger partial charge in [0.25, 0.3) is 0 Å². The molecule has 9 heteroatoms. The number of pyridine rings is 1. The molecule has 1 aromatic heterocycles. The minimum atomic E-state index is -5.03. The lowest BCUT2D eigenvalue weighted by Crippen LogP contribution is -2.15. The van der Waals surface area contributed by atoms with Crippen molar-refractivity contribution in [1.82, 2.24) is 4.98 Å². The van der Waals surface area contributed by atoms with E-state index in [4.69, 9.17) is 4.98 Å². The first-order valence-electron chi connectivity index (χ1n) is 17.3. The highest BCUT2D eigenvalue weighted by atomic mass is 19.4. The van der Waals surface area contributed by atoms with Gasteiger partial charge >= 0.3 is 12.4 Å². The van der Waals surface area contributed by atoms with Gasteiger partial charge in [-0.25, -0.2) is 4.98 Å². The standard InChI is InChI=1S/C45H31F6N3/c1-53(2)36-21-29(22-37(52-36)54(3)4)41-35-20-27-10-6-5-9-26(27)19-34(35)40(28-17-30(44(46,47)48)23-31(18-28)45(49,50)51)42-32-13-7-11-24-15-16-25-12-8-14-33(43(41)42)39(25)38(24)32/h5-23H,1-4H3. The first-order valence-corrected chi connectivity index (χ1v) is 17.3. The summed E-state index contributed by atoms with van der Waals surface area (Å²) in [5, 5.41) is 9.55. The molecule has 0 saturated heterocycles. The van der Waals surface area contributed by atoms with E-state index in [1.54, 1.807) is 0 Å². The Morgan fingerprint density at radius 3 is 1.22 bits per heavy atom. The maximum absolute atomic E-state index is 14.6. The van der Waals surface area contributed by atoms with Crippen molar-refractivity contribution in [3.8, 4) is 22.3 Å². The van der Waals surface area contributed by atoms with Gasteiger partial charge in [0.1, 0.15) is 11.6 Å². The second-order valence-electron chi connectivity index (χ2n) is 14.3. The molecule has 0 aliphatic heterocycles. The van der Waals surface area contributed by atoms with E-state index in [-0.39, 0.29) is 11.6 Å². The fraction of sp³-hybridized carbons (Fsp3) is 0.133. The molecule has 1 heterocycles. The van der Waals surface area contributed by atoms with Gasteiger partial charge in [-0.15, -0.1) is 0 Å². The van der Waals surface area contributed by atoms with Gasteiger partial charge in [0.2, 0.25) is 0 Å². The number of aromatic nitrogens is 1. The number of rotatable bonds is 4. The van der Waals surface area contributed by atoms with Crippen LogP contribution in [-0.2, 0) is 12.4 Å². The van der Waals surface area contributed by atoms with Crippen LogP contribution in [0.15, 0.2) is 115 Å². The molecule has 9 rings (SSSR count). The molecule has 0 fully saturated rings. The maximum atomic E-state index is 14.6. The summed E-state index contributed by atoms with van der Waals surface area (Å²) in [6.07, 6.45) is -10.1. The Morgan fingerprint density at radius 1 is 0.407 bits per heavy atom. The molecule has 0 bridgehead atoms. The number of fused-ring (bicyclic) bond motifs is 5. The highest BCUT2D eigenvalue weighted by molar-refractivity contribution is 6.41.